The van der Waals surface area contributed by atoms with Gasteiger partial charge in [0.1, 0.15) is 5.41 Å². The Morgan fingerprint density at radius 2 is 1.83 bits per heavy atom. The lowest BCUT2D eigenvalue weighted by atomic mass is 9.90. The molecule has 0 radical (unpaired) electrons. The zero-order valence-electron chi connectivity index (χ0n) is 6.62. The van der Waals surface area contributed by atoms with Gasteiger partial charge < -0.3 is 0 Å². The van der Waals surface area contributed by atoms with Gasteiger partial charge in [0.15, 0.2) is 0 Å². The van der Waals surface area contributed by atoms with E-state index in [9.17, 15) is 14.4 Å². The molecule has 1 heterocycles. The maximum atomic E-state index is 11.1. The molecule has 1 rings (SSSR count). The molecule has 66 valence electrons. The number of urea groups is 1. The van der Waals surface area contributed by atoms with Gasteiger partial charge in [-0.05, 0) is 13.8 Å². The molecule has 0 saturated carbocycles. The summed E-state index contributed by atoms with van der Waals surface area (Å²) in [6.45, 7) is 2.64. The normalized spacial score (nSPS) is 22.6. The molecule has 6 nitrogen and oxygen atoms in total. The van der Waals surface area contributed by atoms with Crippen molar-refractivity contribution in [3.63, 3.8) is 0 Å². The summed E-state index contributed by atoms with van der Waals surface area (Å²) in [7, 11) is 0. The van der Waals surface area contributed by atoms with E-state index in [1.54, 1.807) is 0 Å². The third-order valence-electron chi connectivity index (χ3n) is 1.71. The Hall–Kier alpha value is -1.43. The minimum absolute atomic E-state index is 0.0958. The highest BCUT2D eigenvalue weighted by atomic mass is 16.5. The molecule has 0 aromatic heterocycles. The fraction of sp³-hybridized carbons (Fsp3) is 0.500. The number of imide groups is 2. The van der Waals surface area contributed by atoms with Gasteiger partial charge in [0, 0.05) is 0 Å². The van der Waals surface area contributed by atoms with Crippen LogP contribution in [0, 0.1) is 5.41 Å². The molecule has 1 aliphatic heterocycles. The van der Waals surface area contributed by atoms with Crippen LogP contribution in [0.2, 0.25) is 0 Å². The van der Waals surface area contributed by atoms with Crippen molar-refractivity contribution in [3.8, 4) is 0 Å². The molecule has 0 spiro atoms. The van der Waals surface area contributed by atoms with E-state index in [1.165, 1.54) is 13.8 Å². The van der Waals surface area contributed by atoms with Crippen molar-refractivity contribution in [3.05, 3.63) is 0 Å². The molecule has 12 heavy (non-hydrogen) atoms. The predicted molar refractivity (Wildman–Crippen MR) is 36.0 cm³/mol. The first kappa shape index (κ1) is 8.66. The Bertz CT molecular complexity index is 271. The molecule has 1 fully saturated rings. The zero-order chi connectivity index (χ0) is 9.52. The third-order valence-corrected chi connectivity index (χ3v) is 1.71. The molecule has 1 saturated heterocycles. The number of amides is 4. The molecule has 0 aromatic rings. The average Bonchev–Trinajstić information content (AvgIpc) is 1.99. The van der Waals surface area contributed by atoms with Crippen LogP contribution in [0.25, 0.3) is 0 Å². The molecule has 6 heteroatoms. The summed E-state index contributed by atoms with van der Waals surface area (Å²) in [5, 5.41) is 10.6. The highest BCUT2D eigenvalue weighted by Gasteiger charge is 2.46. The van der Waals surface area contributed by atoms with E-state index in [-0.39, 0.29) is 5.06 Å². The van der Waals surface area contributed by atoms with E-state index in [0.717, 1.165) is 0 Å². The fourth-order valence-electron chi connectivity index (χ4n) is 0.760. The van der Waals surface area contributed by atoms with Gasteiger partial charge in [0.2, 0.25) is 5.91 Å². The van der Waals surface area contributed by atoms with Crippen molar-refractivity contribution in [1.82, 2.24) is 10.4 Å². The number of rotatable bonds is 0. The van der Waals surface area contributed by atoms with Gasteiger partial charge in [-0.2, -0.15) is 0 Å². The number of hydrogen-bond acceptors (Lipinski definition) is 4. The molecule has 0 aliphatic carbocycles. The predicted octanol–water partition coefficient (Wildman–Crippen LogP) is -0.520. The number of carbonyl (C=O) groups is 3. The van der Waals surface area contributed by atoms with Crippen molar-refractivity contribution in [1.29, 1.82) is 0 Å². The number of nitrogens with one attached hydrogen (secondary N) is 1. The number of carbonyl (C=O) groups excluding carboxylic acids is 3. The van der Waals surface area contributed by atoms with Gasteiger partial charge in [0.05, 0.1) is 0 Å². The van der Waals surface area contributed by atoms with Crippen molar-refractivity contribution in [2.75, 3.05) is 0 Å². The van der Waals surface area contributed by atoms with Crippen LogP contribution in [-0.2, 0) is 9.59 Å². The SMILES string of the molecule is CC1(C)C(=O)NC(=O)N(O)C1=O. The van der Waals surface area contributed by atoms with Gasteiger partial charge in [-0.1, -0.05) is 0 Å². The topological polar surface area (TPSA) is 86.7 Å². The van der Waals surface area contributed by atoms with Gasteiger partial charge in [-0.25, -0.2) is 4.79 Å². The molecule has 0 unspecified atom stereocenters. The van der Waals surface area contributed by atoms with Crippen molar-refractivity contribution < 1.29 is 19.6 Å². The second-order valence-corrected chi connectivity index (χ2v) is 3.00. The fourth-order valence-corrected chi connectivity index (χ4v) is 0.760. The number of barbiturate groups is 1. The van der Waals surface area contributed by atoms with E-state index < -0.39 is 23.3 Å². The van der Waals surface area contributed by atoms with Crippen molar-refractivity contribution in [2.24, 2.45) is 5.41 Å². The summed E-state index contributed by atoms with van der Waals surface area (Å²) in [5.41, 5.74) is -1.39. The number of hydrogen-bond donors (Lipinski definition) is 2. The van der Waals surface area contributed by atoms with Gasteiger partial charge in [-0.15, -0.1) is 5.06 Å². The molecule has 1 aliphatic rings. The van der Waals surface area contributed by atoms with Crippen LogP contribution in [0.15, 0.2) is 0 Å². The summed E-state index contributed by atoms with van der Waals surface area (Å²) >= 11 is 0. The van der Waals surface area contributed by atoms with Crippen LogP contribution >= 0.6 is 0 Å². The molecular formula is C6H8N2O4. The van der Waals surface area contributed by atoms with Gasteiger partial charge >= 0.3 is 6.03 Å². The van der Waals surface area contributed by atoms with Crippen LogP contribution in [0.1, 0.15) is 13.8 Å². The molecule has 2 N–H and O–H groups in total. The monoisotopic (exact) mass is 172 g/mol. The van der Waals surface area contributed by atoms with E-state index in [4.69, 9.17) is 5.21 Å². The Kier molecular flexibility index (Phi) is 1.64. The summed E-state index contributed by atoms with van der Waals surface area (Å²) in [5.74, 6) is -1.63. The Labute approximate surface area is 68.1 Å². The molecule has 0 bridgehead atoms. The Morgan fingerprint density at radius 1 is 1.33 bits per heavy atom. The highest BCUT2D eigenvalue weighted by molar-refractivity contribution is 6.17. The number of hydroxylamine groups is 2. The maximum Gasteiger partial charge on any atom is 0.355 e. The van der Waals surface area contributed by atoms with Gasteiger partial charge in [0.25, 0.3) is 5.91 Å². The lowest BCUT2D eigenvalue weighted by molar-refractivity contribution is -0.170. The Morgan fingerprint density at radius 3 is 2.33 bits per heavy atom. The lowest BCUT2D eigenvalue weighted by Crippen LogP contribution is -2.60. The second-order valence-electron chi connectivity index (χ2n) is 3.00. The smallest absolute Gasteiger partial charge is 0.277 e. The molecule has 0 atom stereocenters. The van der Waals surface area contributed by atoms with Crippen LogP contribution in [0.3, 0.4) is 0 Å². The molecular weight excluding hydrogens is 164 g/mol. The van der Waals surface area contributed by atoms with Crippen LogP contribution in [0.5, 0.6) is 0 Å². The minimum Gasteiger partial charge on any atom is -0.277 e. The van der Waals surface area contributed by atoms with E-state index >= 15 is 0 Å². The first-order chi connectivity index (χ1) is 5.37. The highest BCUT2D eigenvalue weighted by Crippen LogP contribution is 2.21. The molecule has 4 amide bonds. The third kappa shape index (κ3) is 0.964. The first-order valence-corrected chi connectivity index (χ1v) is 3.26. The van der Waals surface area contributed by atoms with Crippen molar-refractivity contribution >= 4 is 17.8 Å². The largest absolute Gasteiger partial charge is 0.355 e. The van der Waals surface area contributed by atoms with E-state index in [0.29, 0.717) is 0 Å². The Balaban J connectivity index is 3.04. The summed E-state index contributed by atoms with van der Waals surface area (Å²) < 4.78 is 0. The quantitative estimate of drug-likeness (QED) is 0.380. The summed E-state index contributed by atoms with van der Waals surface area (Å²) in [4.78, 5) is 32.7. The zero-order valence-corrected chi connectivity index (χ0v) is 6.62. The second kappa shape index (κ2) is 2.28. The number of nitrogens with zero attached hydrogens (tertiary/aromatic N) is 1. The van der Waals surface area contributed by atoms with E-state index in [1.807, 2.05) is 5.32 Å². The summed E-state index contributed by atoms with van der Waals surface area (Å²) in [6.07, 6.45) is 0. The first-order valence-electron chi connectivity index (χ1n) is 3.26. The lowest BCUT2D eigenvalue weighted by Gasteiger charge is -2.30. The maximum absolute atomic E-state index is 11.1. The van der Waals surface area contributed by atoms with E-state index in [2.05, 4.69) is 0 Å². The van der Waals surface area contributed by atoms with Gasteiger partial charge in [-0.3, -0.25) is 20.1 Å². The van der Waals surface area contributed by atoms with Crippen LogP contribution in [-0.4, -0.2) is 28.1 Å². The summed E-state index contributed by atoms with van der Waals surface area (Å²) in [6, 6.07) is -1.11. The van der Waals surface area contributed by atoms with Crippen LogP contribution < -0.4 is 5.32 Å². The standard InChI is InChI=1S/C6H8N2O4/c1-6(2)3(9)7-5(11)8(12)4(6)10/h12H,1-2H3,(H,7,9,11). The van der Waals surface area contributed by atoms with Crippen LogP contribution in [0.4, 0.5) is 4.79 Å². The average molecular weight is 172 g/mol. The minimum atomic E-state index is -1.39. The van der Waals surface area contributed by atoms with Crippen molar-refractivity contribution in [2.45, 2.75) is 13.8 Å². The molecule has 0 aromatic carbocycles.